The molecule has 96 valence electrons. The molecule has 0 heterocycles. The number of carbonyl (C=O) groups is 1. The van der Waals surface area contributed by atoms with Gasteiger partial charge in [-0.25, -0.2) is 0 Å². The SMILES string of the molecule is CC.CC(C)C(=O)C(C)(C)CCN.S.[HH].[W]. The summed E-state index contributed by atoms with van der Waals surface area (Å²) in [5, 5.41) is 0. The first kappa shape index (κ1) is 24.8. The van der Waals surface area contributed by atoms with Gasteiger partial charge in [0.25, 0.3) is 0 Å². The first-order valence-corrected chi connectivity index (χ1v) is 5.16. The fourth-order valence-corrected chi connectivity index (χ4v) is 1.27. The molecule has 0 rings (SSSR count). The summed E-state index contributed by atoms with van der Waals surface area (Å²) < 4.78 is 0. The van der Waals surface area contributed by atoms with Gasteiger partial charge < -0.3 is 5.73 Å². The molecule has 4 heteroatoms. The van der Waals surface area contributed by atoms with E-state index < -0.39 is 0 Å². The number of hydrogen-bond donors (Lipinski definition) is 1. The summed E-state index contributed by atoms with van der Waals surface area (Å²) in [6.07, 6.45) is 0.782. The maximum Gasteiger partial charge on any atom is 0.141 e. The summed E-state index contributed by atoms with van der Waals surface area (Å²) in [6, 6.07) is 0. The smallest absolute Gasteiger partial charge is 0.141 e. The summed E-state index contributed by atoms with van der Waals surface area (Å²) in [6.45, 7) is 12.4. The van der Waals surface area contributed by atoms with Crippen LogP contribution in [0.4, 0.5) is 0 Å². The van der Waals surface area contributed by atoms with E-state index in [2.05, 4.69) is 0 Å². The van der Waals surface area contributed by atoms with Crippen molar-refractivity contribution in [2.45, 2.75) is 48.0 Å². The quantitative estimate of drug-likeness (QED) is 0.779. The average molecular weight is 407 g/mol. The number of rotatable bonds is 4. The van der Waals surface area contributed by atoms with E-state index in [1.165, 1.54) is 0 Å². The van der Waals surface area contributed by atoms with Gasteiger partial charge >= 0.3 is 0 Å². The molecule has 15 heavy (non-hydrogen) atoms. The van der Waals surface area contributed by atoms with Crippen molar-refractivity contribution in [1.82, 2.24) is 0 Å². The van der Waals surface area contributed by atoms with E-state index in [0.29, 0.717) is 12.3 Å². The predicted octanol–water partition coefficient (Wildman–Crippen LogP) is 2.97. The Morgan fingerprint density at radius 1 is 1.33 bits per heavy atom. The van der Waals surface area contributed by atoms with E-state index in [1.54, 1.807) is 0 Å². The number of Topliss-reactive ketones (excluding diaryl/α,β-unsaturated/α-hetero) is 1. The Bertz CT molecular complexity index is 155. The van der Waals surface area contributed by atoms with Crippen LogP contribution in [0.2, 0.25) is 0 Å². The van der Waals surface area contributed by atoms with E-state index in [9.17, 15) is 4.79 Å². The molecule has 0 unspecified atom stereocenters. The molecule has 2 nitrogen and oxygen atoms in total. The van der Waals surface area contributed by atoms with Crippen LogP contribution in [0.3, 0.4) is 0 Å². The van der Waals surface area contributed by atoms with Crippen LogP contribution in [0.25, 0.3) is 0 Å². The van der Waals surface area contributed by atoms with Crippen molar-refractivity contribution in [1.29, 1.82) is 0 Å². The third-order valence-electron chi connectivity index (χ3n) is 1.96. The molecule has 0 aliphatic carbocycles. The maximum absolute atomic E-state index is 11.5. The van der Waals surface area contributed by atoms with E-state index >= 15 is 0 Å². The van der Waals surface area contributed by atoms with Crippen molar-refractivity contribution in [2.75, 3.05) is 6.54 Å². The second-order valence-electron chi connectivity index (χ2n) is 3.94. The van der Waals surface area contributed by atoms with Crippen molar-refractivity contribution in [3.8, 4) is 0 Å². The van der Waals surface area contributed by atoms with Crippen LogP contribution in [0, 0.1) is 11.3 Å². The van der Waals surface area contributed by atoms with Gasteiger partial charge in [0.2, 0.25) is 0 Å². The summed E-state index contributed by atoms with van der Waals surface area (Å²) >= 11 is 0. The predicted molar refractivity (Wildman–Crippen MR) is 71.1 cm³/mol. The van der Waals surface area contributed by atoms with E-state index in [0.717, 1.165) is 6.42 Å². The molecule has 0 bridgehead atoms. The van der Waals surface area contributed by atoms with E-state index in [-0.39, 0.29) is 47.3 Å². The molecule has 2 N–H and O–H groups in total. The summed E-state index contributed by atoms with van der Waals surface area (Å²) in [5.74, 6) is 0.430. The van der Waals surface area contributed by atoms with Crippen molar-refractivity contribution in [2.24, 2.45) is 17.1 Å². The second kappa shape index (κ2) is 12.7. The first-order chi connectivity index (χ1) is 5.91. The Labute approximate surface area is 118 Å². The Balaban J connectivity index is -0.0000000760. The molecule has 0 saturated carbocycles. The van der Waals surface area contributed by atoms with Gasteiger partial charge in [0.1, 0.15) is 5.78 Å². The Morgan fingerprint density at radius 3 is 1.87 bits per heavy atom. The van der Waals surface area contributed by atoms with Crippen LogP contribution in [-0.2, 0) is 25.9 Å². The van der Waals surface area contributed by atoms with Gasteiger partial charge in [0.05, 0.1) is 0 Å². The fraction of sp³-hybridized carbons (Fsp3) is 0.909. The zero-order chi connectivity index (χ0) is 11.1. The number of ketones is 1. The third-order valence-corrected chi connectivity index (χ3v) is 1.96. The minimum Gasteiger partial charge on any atom is -0.330 e. The molecule has 0 radical (unpaired) electrons. The number of nitrogens with two attached hydrogens (primary N) is 1. The van der Waals surface area contributed by atoms with E-state index in [1.807, 2.05) is 41.5 Å². The van der Waals surface area contributed by atoms with Gasteiger partial charge in [-0.2, -0.15) is 13.5 Å². The molecule has 0 saturated heterocycles. The largest absolute Gasteiger partial charge is 0.330 e. The molecule has 0 aliphatic rings. The molecular weight excluding hydrogens is 378 g/mol. The second-order valence-corrected chi connectivity index (χ2v) is 3.94. The molecule has 0 aromatic carbocycles. The zero-order valence-corrected chi connectivity index (χ0v) is 14.8. The maximum atomic E-state index is 11.5. The van der Waals surface area contributed by atoms with Crippen LogP contribution >= 0.6 is 13.5 Å². The van der Waals surface area contributed by atoms with Crippen LogP contribution in [-0.4, -0.2) is 12.3 Å². The third kappa shape index (κ3) is 10.9. The van der Waals surface area contributed by atoms with Crippen LogP contribution in [0.15, 0.2) is 0 Å². The normalized spacial score (nSPS) is 9.33. The van der Waals surface area contributed by atoms with Gasteiger partial charge in [0, 0.05) is 33.8 Å². The monoisotopic (exact) mass is 407 g/mol. The van der Waals surface area contributed by atoms with Gasteiger partial charge in [-0.1, -0.05) is 41.5 Å². The number of carbonyl (C=O) groups excluding carboxylic acids is 1. The van der Waals surface area contributed by atoms with Crippen LogP contribution in [0.1, 0.15) is 49.4 Å². The molecule has 0 fully saturated rings. The summed E-state index contributed by atoms with van der Waals surface area (Å²) in [5.41, 5.74) is 5.17. The minimum atomic E-state index is -0.233. The van der Waals surface area contributed by atoms with Gasteiger partial charge in [-0.15, -0.1) is 0 Å². The number of hydrogen-bond acceptors (Lipinski definition) is 2. The molecule has 0 atom stereocenters. The molecule has 0 spiro atoms. The Kier molecular flexibility index (Phi) is 21.0. The topological polar surface area (TPSA) is 43.1 Å². The Morgan fingerprint density at radius 2 is 1.67 bits per heavy atom. The van der Waals surface area contributed by atoms with E-state index in [4.69, 9.17) is 5.73 Å². The molecule has 0 aromatic heterocycles. The van der Waals surface area contributed by atoms with Crippen molar-refractivity contribution < 1.29 is 27.3 Å². The molecule has 0 amide bonds. The van der Waals surface area contributed by atoms with Crippen LogP contribution in [0.5, 0.6) is 0 Å². The molecular formula is C11H29NOSW. The molecule has 0 aromatic rings. The average Bonchev–Trinajstić information content (AvgIpc) is 2.06. The Hall–Kier alpha value is 0.668. The van der Waals surface area contributed by atoms with Gasteiger partial charge in [-0.3, -0.25) is 4.79 Å². The zero-order valence-electron chi connectivity index (χ0n) is 10.9. The minimum absolute atomic E-state index is 0. The molecule has 0 aliphatic heterocycles. The summed E-state index contributed by atoms with van der Waals surface area (Å²) in [7, 11) is 0. The van der Waals surface area contributed by atoms with Crippen molar-refractivity contribution in [3.05, 3.63) is 0 Å². The van der Waals surface area contributed by atoms with Crippen LogP contribution < -0.4 is 5.73 Å². The van der Waals surface area contributed by atoms with Gasteiger partial charge in [0.15, 0.2) is 0 Å². The summed E-state index contributed by atoms with van der Waals surface area (Å²) in [4.78, 5) is 11.5. The van der Waals surface area contributed by atoms with Gasteiger partial charge in [-0.05, 0) is 13.0 Å². The fourth-order valence-electron chi connectivity index (χ4n) is 1.27. The van der Waals surface area contributed by atoms with Crippen molar-refractivity contribution in [3.63, 3.8) is 0 Å². The first-order valence-electron chi connectivity index (χ1n) is 5.16. The standard InChI is InChI=1S/C9H19NO.C2H6.H2S.W.H2/c1-7(2)8(11)9(3,4)5-6-10;1-2;;;/h7H,5-6,10H2,1-4H3;1-2H3;1H2;;1H. The van der Waals surface area contributed by atoms with Crippen molar-refractivity contribution >= 4 is 19.3 Å².